The van der Waals surface area contributed by atoms with Crippen molar-refractivity contribution in [3.05, 3.63) is 42.0 Å². The first-order valence-electron chi connectivity index (χ1n) is 3.33. The van der Waals surface area contributed by atoms with Gasteiger partial charge >= 0.3 is 21.1 Å². The first kappa shape index (κ1) is 10.6. The van der Waals surface area contributed by atoms with Gasteiger partial charge in [-0.1, -0.05) is 0 Å². The third kappa shape index (κ3) is 3.03. The van der Waals surface area contributed by atoms with E-state index in [0.29, 0.717) is 0 Å². The molecular formula is C10H10W. The second kappa shape index (κ2) is 5.32. The van der Waals surface area contributed by atoms with Gasteiger partial charge in [0.15, 0.2) is 0 Å². The van der Waals surface area contributed by atoms with Gasteiger partial charge in [-0.05, 0) is 0 Å². The molecule has 0 aliphatic heterocycles. The molecule has 0 amide bonds. The Bertz CT molecular complexity index is 224. The number of rotatable bonds is 1. The van der Waals surface area contributed by atoms with Gasteiger partial charge < -0.3 is 17.2 Å². The minimum Gasteiger partial charge on any atom is -0.327 e. The predicted octanol–water partition coefficient (Wildman–Crippen LogP) is 2.71. The first-order valence-corrected chi connectivity index (χ1v) is 3.33. The van der Waals surface area contributed by atoms with E-state index in [4.69, 9.17) is 0 Å². The van der Waals surface area contributed by atoms with Crippen LogP contribution in [0.25, 0.3) is 5.57 Å². The molecule has 0 aromatic heterocycles. The van der Waals surface area contributed by atoms with Gasteiger partial charge in [0.1, 0.15) is 0 Å². The molecule has 1 rings (SSSR count). The van der Waals surface area contributed by atoms with Gasteiger partial charge in [-0.25, -0.2) is 12.1 Å². The summed E-state index contributed by atoms with van der Waals surface area (Å²) >= 11 is 0. The van der Waals surface area contributed by atoms with Crippen LogP contribution in [0.2, 0.25) is 0 Å². The summed E-state index contributed by atoms with van der Waals surface area (Å²) in [5.74, 6) is 0. The zero-order chi connectivity index (χ0) is 7.40. The molecule has 0 saturated carbocycles. The van der Waals surface area contributed by atoms with Crippen molar-refractivity contribution in [2.75, 3.05) is 0 Å². The van der Waals surface area contributed by atoms with Crippen molar-refractivity contribution in [2.45, 2.75) is 13.8 Å². The summed E-state index contributed by atoms with van der Waals surface area (Å²) in [6.07, 6.45) is 3.07. The van der Waals surface area contributed by atoms with Crippen LogP contribution in [0.15, 0.2) is 24.3 Å². The van der Waals surface area contributed by atoms with E-state index in [1.807, 2.05) is 38.1 Å². The van der Waals surface area contributed by atoms with Crippen LogP contribution >= 0.6 is 0 Å². The molecule has 0 aliphatic rings. The summed E-state index contributed by atoms with van der Waals surface area (Å²) < 4.78 is 0. The summed E-state index contributed by atoms with van der Waals surface area (Å²) in [7, 11) is 0. The van der Waals surface area contributed by atoms with E-state index >= 15 is 0 Å². The SMILES string of the molecule is C[C-]=C(C)c1[c-]cccc1.[W+2]. The molecule has 1 heteroatoms. The smallest absolute Gasteiger partial charge is 0.327 e. The molecule has 0 spiro atoms. The summed E-state index contributed by atoms with van der Waals surface area (Å²) in [5, 5.41) is 0. The average molecular weight is 314 g/mol. The Kier molecular flexibility index (Phi) is 5.15. The number of benzene rings is 1. The molecule has 0 N–H and O–H groups in total. The molecule has 1 aromatic carbocycles. The molecule has 0 heterocycles. The molecular weight excluding hydrogens is 304 g/mol. The van der Waals surface area contributed by atoms with E-state index < -0.39 is 0 Å². The van der Waals surface area contributed by atoms with Gasteiger partial charge in [-0.3, -0.25) is 0 Å². The summed E-state index contributed by atoms with van der Waals surface area (Å²) in [6, 6.07) is 11.0. The zero-order valence-electron chi connectivity index (χ0n) is 6.72. The Hall–Kier alpha value is -0.352. The number of hydrogen-bond acceptors (Lipinski definition) is 0. The third-order valence-electron chi connectivity index (χ3n) is 1.49. The van der Waals surface area contributed by atoms with Crippen molar-refractivity contribution >= 4 is 5.57 Å². The van der Waals surface area contributed by atoms with Crippen molar-refractivity contribution in [2.24, 2.45) is 0 Å². The minimum atomic E-state index is 0. The van der Waals surface area contributed by atoms with Gasteiger partial charge in [-0.15, -0.1) is 19.9 Å². The van der Waals surface area contributed by atoms with Crippen LogP contribution in [0.4, 0.5) is 0 Å². The quantitative estimate of drug-likeness (QED) is 0.699. The molecule has 56 valence electrons. The van der Waals surface area contributed by atoms with E-state index in [0.717, 1.165) is 11.1 Å². The Morgan fingerprint density at radius 1 is 1.45 bits per heavy atom. The normalized spacial score (nSPS) is 10.5. The molecule has 0 nitrogen and oxygen atoms in total. The van der Waals surface area contributed by atoms with E-state index in [1.165, 1.54) is 0 Å². The fourth-order valence-corrected chi connectivity index (χ4v) is 0.761. The molecule has 0 aliphatic carbocycles. The van der Waals surface area contributed by atoms with Crippen LogP contribution in [-0.4, -0.2) is 0 Å². The maximum atomic E-state index is 3.12. The van der Waals surface area contributed by atoms with Crippen LogP contribution in [-0.2, 0) is 21.1 Å². The zero-order valence-corrected chi connectivity index (χ0v) is 9.65. The van der Waals surface area contributed by atoms with E-state index in [1.54, 1.807) is 0 Å². The predicted molar refractivity (Wildman–Crippen MR) is 43.3 cm³/mol. The molecule has 0 radical (unpaired) electrons. The molecule has 1 aromatic rings. The molecule has 0 atom stereocenters. The van der Waals surface area contributed by atoms with Crippen molar-refractivity contribution in [1.82, 2.24) is 0 Å². The number of allylic oxidation sites excluding steroid dienone is 2. The first-order chi connectivity index (χ1) is 4.84. The van der Waals surface area contributed by atoms with Crippen LogP contribution in [0.3, 0.4) is 0 Å². The van der Waals surface area contributed by atoms with E-state index in [9.17, 15) is 0 Å². The molecule has 11 heavy (non-hydrogen) atoms. The number of hydrogen-bond donors (Lipinski definition) is 0. The minimum absolute atomic E-state index is 0. The molecule has 0 bridgehead atoms. The topological polar surface area (TPSA) is 0 Å². The monoisotopic (exact) mass is 314 g/mol. The molecule has 0 unspecified atom stereocenters. The van der Waals surface area contributed by atoms with Gasteiger partial charge in [-0.2, -0.15) is 12.1 Å². The largest absolute Gasteiger partial charge is 2.00 e. The Morgan fingerprint density at radius 2 is 2.18 bits per heavy atom. The molecule has 0 fully saturated rings. The van der Waals surface area contributed by atoms with Crippen molar-refractivity contribution < 1.29 is 21.1 Å². The maximum Gasteiger partial charge on any atom is 2.00 e. The maximum absolute atomic E-state index is 3.12. The fourth-order valence-electron chi connectivity index (χ4n) is 0.761. The standard InChI is InChI=1S/C10H10.W/c1-3-9(2)10-7-5-4-6-8-10;/h4-7H,1-2H3;/q-2;+2. The second-order valence-electron chi connectivity index (χ2n) is 2.15. The van der Waals surface area contributed by atoms with E-state index in [2.05, 4.69) is 12.1 Å². The van der Waals surface area contributed by atoms with Gasteiger partial charge in [0.25, 0.3) is 0 Å². The van der Waals surface area contributed by atoms with Crippen LogP contribution in [0.1, 0.15) is 19.4 Å². The van der Waals surface area contributed by atoms with Crippen LogP contribution in [0, 0.1) is 12.1 Å². The van der Waals surface area contributed by atoms with Gasteiger partial charge in [0, 0.05) is 0 Å². The van der Waals surface area contributed by atoms with E-state index in [-0.39, 0.29) is 21.1 Å². The average Bonchev–Trinajstić information content (AvgIpc) is 2.05. The van der Waals surface area contributed by atoms with Gasteiger partial charge in [0.05, 0.1) is 0 Å². The van der Waals surface area contributed by atoms with Crippen LogP contribution < -0.4 is 0 Å². The van der Waals surface area contributed by atoms with Crippen molar-refractivity contribution in [1.29, 1.82) is 0 Å². The molecule has 0 saturated heterocycles. The van der Waals surface area contributed by atoms with Gasteiger partial charge in [0.2, 0.25) is 0 Å². The van der Waals surface area contributed by atoms with Crippen molar-refractivity contribution in [3.8, 4) is 0 Å². The fraction of sp³-hybridized carbons (Fsp3) is 0.200. The Labute approximate surface area is 82.6 Å². The summed E-state index contributed by atoms with van der Waals surface area (Å²) in [4.78, 5) is 0. The second-order valence-corrected chi connectivity index (χ2v) is 2.15. The Balaban J connectivity index is 0.000001000. The summed E-state index contributed by atoms with van der Waals surface area (Å²) in [6.45, 7) is 3.95. The Morgan fingerprint density at radius 3 is 2.64 bits per heavy atom. The van der Waals surface area contributed by atoms with Crippen LogP contribution in [0.5, 0.6) is 0 Å². The summed E-state index contributed by atoms with van der Waals surface area (Å²) in [5.41, 5.74) is 2.28. The van der Waals surface area contributed by atoms with Crippen molar-refractivity contribution in [3.63, 3.8) is 0 Å². The third-order valence-corrected chi connectivity index (χ3v) is 1.49.